The molecule has 1 atom stereocenters. The Morgan fingerprint density at radius 1 is 1.02 bits per heavy atom. The fourth-order valence-corrected chi connectivity index (χ4v) is 5.96. The minimum Gasteiger partial charge on any atom is -0.491 e. The van der Waals surface area contributed by atoms with Crippen LogP contribution in [0.5, 0.6) is 5.75 Å². The van der Waals surface area contributed by atoms with Crippen LogP contribution in [0, 0.1) is 5.82 Å². The van der Waals surface area contributed by atoms with Gasteiger partial charge in [0, 0.05) is 36.7 Å². The first kappa shape index (κ1) is 29.9. The second-order valence-corrected chi connectivity index (χ2v) is 11.5. The summed E-state index contributed by atoms with van der Waals surface area (Å²) in [6, 6.07) is 22.3. The van der Waals surface area contributed by atoms with Gasteiger partial charge in [-0.2, -0.15) is 4.98 Å². The number of imidazole rings is 1. The van der Waals surface area contributed by atoms with Gasteiger partial charge in [0.2, 0.25) is 5.95 Å². The molecule has 1 fully saturated rings. The Morgan fingerprint density at radius 3 is 2.74 bits per heavy atom. The number of ketones is 1. The number of piperidine rings is 1. The van der Waals surface area contributed by atoms with Crippen LogP contribution in [0.15, 0.2) is 85.1 Å². The summed E-state index contributed by atoms with van der Waals surface area (Å²) in [5.41, 5.74) is 4.98. The van der Waals surface area contributed by atoms with Crippen molar-refractivity contribution in [2.75, 3.05) is 25.0 Å². The number of likely N-dealkylation sites (tertiary alicyclic amines) is 1. The Hall–Kier alpha value is -5.78. The van der Waals surface area contributed by atoms with Crippen molar-refractivity contribution in [1.29, 1.82) is 0 Å². The maximum atomic E-state index is 14.1. The molecule has 2 aromatic heterocycles. The number of rotatable bonds is 5. The fourth-order valence-electron chi connectivity index (χ4n) is 5.96. The van der Waals surface area contributed by atoms with Crippen LogP contribution in [-0.2, 0) is 22.7 Å². The van der Waals surface area contributed by atoms with Gasteiger partial charge in [-0.15, -0.1) is 0 Å². The van der Waals surface area contributed by atoms with Gasteiger partial charge in [-0.1, -0.05) is 48.5 Å². The third-order valence-corrected chi connectivity index (χ3v) is 8.32. The molecule has 47 heavy (non-hydrogen) atoms. The zero-order valence-corrected chi connectivity index (χ0v) is 25.3. The third-order valence-electron chi connectivity index (χ3n) is 8.32. The summed E-state index contributed by atoms with van der Waals surface area (Å²) in [6.07, 6.45) is 1.46. The molecule has 2 N–H and O–H groups in total. The van der Waals surface area contributed by atoms with Crippen LogP contribution >= 0.6 is 0 Å². The molecule has 1 unspecified atom stereocenters. The first-order valence-corrected chi connectivity index (χ1v) is 15.3. The van der Waals surface area contributed by atoms with E-state index in [2.05, 4.69) is 20.3 Å². The standard InChI is InChI=1S/C35H31FN6O5/c36-27-8-4-7-24(16-27)30-18-28(43)11-12-42(30)35(45)41-13-14-46-31-10-9-23(15-26(31)20-41)25-17-29-32(37-19-25)39-33(38-29)40-34(44)47-21-22-5-2-1-3-6-22/h1-10,15-17,19,30H,11-14,18,20-21H2,(H2,37,38,39,40,44). The zero-order valence-electron chi connectivity index (χ0n) is 25.3. The van der Waals surface area contributed by atoms with Crippen molar-refractivity contribution in [3.05, 3.63) is 108 Å². The maximum absolute atomic E-state index is 14.1. The van der Waals surface area contributed by atoms with Gasteiger partial charge < -0.3 is 24.3 Å². The number of hydrogen-bond donors (Lipinski definition) is 2. The smallest absolute Gasteiger partial charge is 0.414 e. The highest BCUT2D eigenvalue weighted by Crippen LogP contribution is 2.34. The summed E-state index contributed by atoms with van der Waals surface area (Å²) < 4.78 is 25.4. The number of urea groups is 1. The Labute approximate surface area is 269 Å². The molecule has 0 spiro atoms. The molecule has 3 amide bonds. The van der Waals surface area contributed by atoms with Crippen molar-refractivity contribution >= 4 is 35.0 Å². The number of aromatic nitrogens is 3. The lowest BCUT2D eigenvalue weighted by atomic mass is 9.94. The summed E-state index contributed by atoms with van der Waals surface area (Å²) in [6.45, 7) is 1.35. The van der Waals surface area contributed by atoms with Crippen LogP contribution in [0.3, 0.4) is 0 Å². The van der Waals surface area contributed by atoms with Gasteiger partial charge in [0.15, 0.2) is 5.65 Å². The molecule has 2 aliphatic rings. The largest absolute Gasteiger partial charge is 0.491 e. The summed E-state index contributed by atoms with van der Waals surface area (Å²) in [4.78, 5) is 53.9. The van der Waals surface area contributed by atoms with Crippen LogP contribution in [0.25, 0.3) is 22.3 Å². The van der Waals surface area contributed by atoms with Crippen molar-refractivity contribution in [2.45, 2.75) is 32.0 Å². The molecule has 7 rings (SSSR count). The van der Waals surface area contributed by atoms with Crippen molar-refractivity contribution in [1.82, 2.24) is 24.8 Å². The van der Waals surface area contributed by atoms with Crippen LogP contribution in [0.2, 0.25) is 0 Å². The Bertz CT molecular complexity index is 1970. The SMILES string of the molecule is O=C1CCN(C(=O)N2CCOc3ccc(-c4cnc5nc(NC(=O)OCc6ccccc6)[nH]c5c4)cc3C2)C(c2cccc(F)c2)C1. The summed E-state index contributed by atoms with van der Waals surface area (Å²) in [7, 11) is 0. The lowest BCUT2D eigenvalue weighted by molar-refractivity contribution is -0.122. The monoisotopic (exact) mass is 634 g/mol. The predicted octanol–water partition coefficient (Wildman–Crippen LogP) is 6.23. The molecule has 0 bridgehead atoms. The van der Waals surface area contributed by atoms with Crippen LogP contribution in [0.4, 0.5) is 19.9 Å². The van der Waals surface area contributed by atoms with E-state index in [0.717, 1.165) is 22.3 Å². The summed E-state index contributed by atoms with van der Waals surface area (Å²) in [5.74, 6) is 0.527. The van der Waals surface area contributed by atoms with E-state index in [1.165, 1.54) is 12.1 Å². The van der Waals surface area contributed by atoms with Crippen molar-refractivity contribution in [3.63, 3.8) is 0 Å². The fraction of sp³-hybridized carbons (Fsp3) is 0.229. The predicted molar refractivity (Wildman–Crippen MR) is 171 cm³/mol. The minimum absolute atomic E-state index is 0.0474. The van der Waals surface area contributed by atoms with Gasteiger partial charge in [-0.25, -0.2) is 19.0 Å². The number of fused-ring (bicyclic) bond motifs is 2. The Morgan fingerprint density at radius 2 is 1.89 bits per heavy atom. The summed E-state index contributed by atoms with van der Waals surface area (Å²) in [5, 5.41) is 2.61. The van der Waals surface area contributed by atoms with Gasteiger partial charge in [0.25, 0.3) is 0 Å². The van der Waals surface area contributed by atoms with Crippen molar-refractivity contribution < 1.29 is 28.2 Å². The van der Waals surface area contributed by atoms with Gasteiger partial charge in [-0.3, -0.25) is 10.1 Å². The topological polar surface area (TPSA) is 130 Å². The molecule has 12 heteroatoms. The molecule has 5 aromatic rings. The second kappa shape index (κ2) is 12.9. The van der Waals surface area contributed by atoms with Gasteiger partial charge in [-0.05, 0) is 47.0 Å². The highest BCUT2D eigenvalue weighted by atomic mass is 19.1. The van der Waals surface area contributed by atoms with E-state index in [0.29, 0.717) is 42.2 Å². The molecule has 3 aromatic carbocycles. The van der Waals surface area contributed by atoms with Crippen molar-refractivity contribution in [2.24, 2.45) is 0 Å². The lowest BCUT2D eigenvalue weighted by Gasteiger charge is -2.38. The minimum atomic E-state index is -0.642. The average molecular weight is 635 g/mol. The number of benzene rings is 3. The van der Waals surface area contributed by atoms with E-state index in [-0.39, 0.29) is 43.8 Å². The molecule has 238 valence electrons. The number of amides is 3. The number of hydrogen-bond acceptors (Lipinski definition) is 7. The maximum Gasteiger partial charge on any atom is 0.414 e. The second-order valence-electron chi connectivity index (χ2n) is 11.5. The normalized spacial score (nSPS) is 16.3. The molecule has 1 saturated heterocycles. The first-order chi connectivity index (χ1) is 22.9. The number of H-pyrrole nitrogens is 1. The molecular weight excluding hydrogens is 603 g/mol. The van der Waals surface area contributed by atoms with Gasteiger partial charge in [0.1, 0.15) is 30.6 Å². The highest BCUT2D eigenvalue weighted by molar-refractivity contribution is 5.87. The average Bonchev–Trinajstić information content (AvgIpc) is 3.36. The first-order valence-electron chi connectivity index (χ1n) is 15.3. The number of pyridine rings is 1. The molecule has 0 aliphatic carbocycles. The Balaban J connectivity index is 1.07. The van der Waals surface area contributed by atoms with E-state index in [4.69, 9.17) is 9.47 Å². The quantitative estimate of drug-likeness (QED) is 0.234. The number of ether oxygens (including phenoxy) is 2. The molecular formula is C35H31FN6O5. The van der Waals surface area contributed by atoms with E-state index < -0.39 is 18.0 Å². The highest BCUT2D eigenvalue weighted by Gasteiger charge is 2.35. The molecule has 2 aliphatic heterocycles. The number of Topliss-reactive ketones (excluding diaryl/α,β-unsaturated/α-hetero) is 1. The van der Waals surface area contributed by atoms with E-state index >= 15 is 0 Å². The van der Waals surface area contributed by atoms with Crippen LogP contribution in [0.1, 0.15) is 35.6 Å². The third kappa shape index (κ3) is 6.62. The van der Waals surface area contributed by atoms with Crippen LogP contribution < -0.4 is 10.1 Å². The molecule has 0 radical (unpaired) electrons. The van der Waals surface area contributed by atoms with Crippen molar-refractivity contribution in [3.8, 4) is 16.9 Å². The number of aromatic amines is 1. The van der Waals surface area contributed by atoms with E-state index in [9.17, 15) is 18.8 Å². The number of anilines is 1. The summed E-state index contributed by atoms with van der Waals surface area (Å²) >= 11 is 0. The number of nitrogens with one attached hydrogen (secondary N) is 2. The molecule has 4 heterocycles. The van der Waals surface area contributed by atoms with E-state index in [1.54, 1.807) is 28.1 Å². The Kier molecular flexibility index (Phi) is 8.22. The van der Waals surface area contributed by atoms with Gasteiger partial charge in [0.05, 0.1) is 24.6 Å². The number of carbonyl (C=O) groups excluding carboxylic acids is 3. The lowest BCUT2D eigenvalue weighted by Crippen LogP contribution is -2.48. The van der Waals surface area contributed by atoms with Gasteiger partial charge >= 0.3 is 12.1 Å². The van der Waals surface area contributed by atoms with E-state index in [1.807, 2.05) is 54.6 Å². The zero-order chi connectivity index (χ0) is 32.3. The number of halogens is 1. The van der Waals surface area contributed by atoms with Crippen LogP contribution in [-0.4, -0.2) is 62.4 Å². The number of nitrogens with zero attached hydrogens (tertiary/aromatic N) is 4. The molecule has 11 nitrogen and oxygen atoms in total. The number of carbonyl (C=O) groups is 3. The molecule has 0 saturated carbocycles.